The number of nitrogens with zero attached hydrogens (tertiary/aromatic N) is 2. The number of alkyl halides is 3. The summed E-state index contributed by atoms with van der Waals surface area (Å²) in [5.41, 5.74) is 3.43. The van der Waals surface area contributed by atoms with E-state index in [0.29, 0.717) is 27.8 Å². The molecule has 194 valence electrons. The lowest BCUT2D eigenvalue weighted by Gasteiger charge is -2.26. The van der Waals surface area contributed by atoms with Crippen LogP contribution in [0.2, 0.25) is 5.02 Å². The highest BCUT2D eigenvalue weighted by Gasteiger charge is 2.31. The topological polar surface area (TPSA) is 100 Å². The number of nitrogens with one attached hydrogen (secondary N) is 2. The number of halogens is 4. The van der Waals surface area contributed by atoms with E-state index < -0.39 is 28.6 Å². The van der Waals surface area contributed by atoms with E-state index >= 15 is 0 Å². The van der Waals surface area contributed by atoms with Crippen molar-refractivity contribution in [2.75, 3.05) is 24.6 Å². The van der Waals surface area contributed by atoms with Gasteiger partial charge in [0.2, 0.25) is 0 Å². The van der Waals surface area contributed by atoms with Crippen molar-refractivity contribution in [1.82, 2.24) is 15.9 Å². The third-order valence-electron chi connectivity index (χ3n) is 5.16. The zero-order chi connectivity index (χ0) is 26.6. The van der Waals surface area contributed by atoms with Gasteiger partial charge in [0.1, 0.15) is 0 Å². The number of hydrogen-bond donors (Lipinski definition) is 2. The summed E-state index contributed by atoms with van der Waals surface area (Å²) >= 11 is 8.91. The maximum Gasteiger partial charge on any atom is 0.416 e. The minimum atomic E-state index is -4.61. The number of amides is 2. The second kappa shape index (κ2) is 11.6. The Balaban J connectivity index is 1.33. The zero-order valence-electron chi connectivity index (χ0n) is 18.8. The second-order valence-corrected chi connectivity index (χ2v) is 10.3. The van der Waals surface area contributed by atoms with Gasteiger partial charge in [-0.15, -0.1) is 0 Å². The normalized spacial score (nSPS) is 17.1. The average molecular weight is 571 g/mol. The number of benzene rings is 2. The van der Waals surface area contributed by atoms with Crippen molar-refractivity contribution >= 4 is 64.2 Å². The maximum absolute atomic E-state index is 12.8. The molecule has 2 aliphatic heterocycles. The summed E-state index contributed by atoms with van der Waals surface area (Å²) < 4.78 is 38.3. The SMILES string of the molecule is O=C1N=C(N2CCSCC2)SC1=Cc1cccc(C(=O)ONNC(=O)c2ccc(C(F)(F)F)cc2Cl)c1. The molecule has 0 radical (unpaired) electrons. The van der Waals surface area contributed by atoms with E-state index in [4.69, 9.17) is 16.4 Å². The molecule has 0 aliphatic carbocycles. The summed E-state index contributed by atoms with van der Waals surface area (Å²) in [6.07, 6.45) is -2.98. The van der Waals surface area contributed by atoms with Crippen LogP contribution < -0.4 is 11.0 Å². The van der Waals surface area contributed by atoms with Crippen molar-refractivity contribution < 1.29 is 32.4 Å². The fourth-order valence-electron chi connectivity index (χ4n) is 3.31. The smallest absolute Gasteiger partial charge is 0.349 e. The number of aliphatic imine (C=N–C) groups is 1. The monoisotopic (exact) mass is 570 g/mol. The van der Waals surface area contributed by atoms with Gasteiger partial charge in [-0.25, -0.2) is 4.79 Å². The van der Waals surface area contributed by atoms with Crippen LogP contribution in [0.15, 0.2) is 52.4 Å². The molecule has 0 saturated carbocycles. The van der Waals surface area contributed by atoms with Crippen LogP contribution in [0, 0.1) is 0 Å². The molecule has 0 atom stereocenters. The van der Waals surface area contributed by atoms with Gasteiger partial charge < -0.3 is 9.74 Å². The molecule has 0 bridgehead atoms. The molecule has 4 rings (SSSR count). The summed E-state index contributed by atoms with van der Waals surface area (Å²) in [7, 11) is 0. The number of hydrazine groups is 1. The Hall–Kier alpha value is -3.00. The molecule has 1 saturated heterocycles. The summed E-state index contributed by atoms with van der Waals surface area (Å²) in [6.45, 7) is 1.65. The van der Waals surface area contributed by atoms with Crippen molar-refractivity contribution in [3.63, 3.8) is 0 Å². The molecule has 0 aromatic heterocycles. The molecule has 2 aliphatic rings. The van der Waals surface area contributed by atoms with Gasteiger partial charge in [0.25, 0.3) is 11.8 Å². The number of carbonyl (C=O) groups excluding carboxylic acids is 3. The molecule has 2 aromatic carbocycles. The van der Waals surface area contributed by atoms with E-state index in [2.05, 4.69) is 9.89 Å². The molecule has 2 aromatic rings. The predicted octanol–water partition coefficient (Wildman–Crippen LogP) is 4.38. The molecule has 2 amide bonds. The first-order chi connectivity index (χ1) is 17.6. The molecule has 0 unspecified atom stereocenters. The van der Waals surface area contributed by atoms with E-state index in [9.17, 15) is 27.6 Å². The van der Waals surface area contributed by atoms with Crippen LogP contribution in [0.5, 0.6) is 0 Å². The molecule has 0 spiro atoms. The summed E-state index contributed by atoms with van der Waals surface area (Å²) in [5, 5.41) is 0.243. The minimum Gasteiger partial charge on any atom is -0.349 e. The van der Waals surface area contributed by atoms with Crippen LogP contribution in [0.3, 0.4) is 0 Å². The highest BCUT2D eigenvalue weighted by atomic mass is 35.5. The highest BCUT2D eigenvalue weighted by Crippen LogP contribution is 2.33. The molecular formula is C23H18ClF3N4O4S2. The molecular weight excluding hydrogens is 553 g/mol. The van der Waals surface area contributed by atoms with E-state index in [1.54, 1.807) is 18.2 Å². The summed E-state index contributed by atoms with van der Waals surface area (Å²) in [6, 6.07) is 8.50. The highest BCUT2D eigenvalue weighted by molar-refractivity contribution is 8.18. The van der Waals surface area contributed by atoms with Crippen molar-refractivity contribution in [2.24, 2.45) is 4.99 Å². The Morgan fingerprint density at radius 3 is 2.59 bits per heavy atom. The lowest BCUT2D eigenvalue weighted by molar-refractivity contribution is -0.137. The van der Waals surface area contributed by atoms with E-state index in [0.717, 1.165) is 30.7 Å². The first-order valence-corrected chi connectivity index (χ1v) is 13.1. The van der Waals surface area contributed by atoms with Gasteiger partial charge in [-0.1, -0.05) is 29.3 Å². The number of amidine groups is 1. The summed E-state index contributed by atoms with van der Waals surface area (Å²) in [4.78, 5) is 48.4. The third-order valence-corrected chi connectivity index (χ3v) is 7.46. The van der Waals surface area contributed by atoms with Crippen LogP contribution in [0.4, 0.5) is 13.2 Å². The largest absolute Gasteiger partial charge is 0.416 e. The Morgan fingerprint density at radius 1 is 1.14 bits per heavy atom. The fraction of sp³-hybridized carbons (Fsp3) is 0.217. The zero-order valence-corrected chi connectivity index (χ0v) is 21.2. The van der Waals surface area contributed by atoms with Gasteiger partial charge in [0, 0.05) is 24.6 Å². The second-order valence-electron chi connectivity index (χ2n) is 7.67. The predicted molar refractivity (Wildman–Crippen MR) is 136 cm³/mol. The Kier molecular flexibility index (Phi) is 8.47. The fourth-order valence-corrected chi connectivity index (χ4v) is 5.45. The first kappa shape index (κ1) is 27.0. The van der Waals surface area contributed by atoms with Crippen molar-refractivity contribution in [2.45, 2.75) is 6.18 Å². The van der Waals surface area contributed by atoms with Gasteiger partial charge in [-0.3, -0.25) is 15.0 Å². The first-order valence-electron chi connectivity index (χ1n) is 10.7. The molecule has 2 N–H and O–H groups in total. The lowest BCUT2D eigenvalue weighted by Crippen LogP contribution is -2.39. The standard InChI is InChI=1S/C23H18ClF3N4O4S2/c24-17-12-15(23(25,26)27)4-5-16(17)19(32)29-30-35-21(34)14-3-1-2-13(10-14)11-18-20(33)28-22(37-18)31-6-8-36-9-7-31/h1-5,10-12,30H,6-9H2,(H,29,32). The lowest BCUT2D eigenvalue weighted by atomic mass is 10.1. The molecule has 37 heavy (non-hydrogen) atoms. The Bertz CT molecular complexity index is 1300. The maximum atomic E-state index is 12.8. The molecule has 8 nitrogen and oxygen atoms in total. The van der Waals surface area contributed by atoms with Gasteiger partial charge in [0.05, 0.1) is 26.6 Å². The van der Waals surface area contributed by atoms with Crippen LogP contribution in [-0.2, 0) is 15.8 Å². The van der Waals surface area contributed by atoms with E-state index in [-0.39, 0.29) is 17.0 Å². The van der Waals surface area contributed by atoms with E-state index in [1.165, 1.54) is 23.9 Å². The van der Waals surface area contributed by atoms with Gasteiger partial charge in [0.15, 0.2) is 5.17 Å². The minimum absolute atomic E-state index is 0.119. The quantitative estimate of drug-likeness (QED) is 0.403. The van der Waals surface area contributed by atoms with Crippen molar-refractivity contribution in [3.8, 4) is 0 Å². The van der Waals surface area contributed by atoms with E-state index in [1.807, 2.05) is 22.8 Å². The van der Waals surface area contributed by atoms with Crippen LogP contribution in [0.25, 0.3) is 6.08 Å². The number of thioether (sulfide) groups is 2. The molecule has 1 fully saturated rings. The molecule has 14 heteroatoms. The Morgan fingerprint density at radius 2 is 1.89 bits per heavy atom. The Labute approximate surface area is 222 Å². The van der Waals surface area contributed by atoms with Gasteiger partial charge >= 0.3 is 12.1 Å². The van der Waals surface area contributed by atoms with Crippen LogP contribution in [-0.4, -0.2) is 52.4 Å². The average Bonchev–Trinajstić information content (AvgIpc) is 3.24. The van der Waals surface area contributed by atoms with Crippen molar-refractivity contribution in [1.29, 1.82) is 0 Å². The number of hydrogen-bond acceptors (Lipinski definition) is 8. The van der Waals surface area contributed by atoms with Crippen molar-refractivity contribution in [3.05, 3.63) is 74.6 Å². The van der Waals surface area contributed by atoms with Gasteiger partial charge in [-0.2, -0.15) is 29.9 Å². The van der Waals surface area contributed by atoms with Crippen LogP contribution >= 0.6 is 35.1 Å². The number of carbonyl (C=O) groups is 3. The summed E-state index contributed by atoms with van der Waals surface area (Å²) in [5.74, 6) is -0.166. The van der Waals surface area contributed by atoms with Gasteiger partial charge in [-0.05, 0) is 53.7 Å². The number of rotatable bonds is 5. The van der Waals surface area contributed by atoms with Crippen LogP contribution in [0.1, 0.15) is 31.8 Å². The molecule has 2 heterocycles. The third kappa shape index (κ3) is 6.86.